The highest BCUT2D eigenvalue weighted by molar-refractivity contribution is 7.23. The van der Waals surface area contributed by atoms with Crippen LogP contribution < -0.4 is 4.74 Å². The molecule has 0 amide bonds. The lowest BCUT2D eigenvalue weighted by Crippen LogP contribution is -2.09. The van der Waals surface area contributed by atoms with Gasteiger partial charge in [-0.3, -0.25) is 0 Å². The van der Waals surface area contributed by atoms with E-state index >= 15 is 0 Å². The van der Waals surface area contributed by atoms with Crippen molar-refractivity contribution in [1.82, 2.24) is 0 Å². The first-order valence-corrected chi connectivity index (χ1v) is 8.36. The van der Waals surface area contributed by atoms with E-state index in [4.69, 9.17) is 33.0 Å². The summed E-state index contributed by atoms with van der Waals surface area (Å²) in [5.41, 5.74) is 2.30. The number of thiophene rings is 1. The molecule has 6 heteroatoms. The number of carboxylic acid groups (broad SMARTS) is 1. The maximum absolute atomic E-state index is 10.7. The average molecular weight is 367 g/mol. The Balaban J connectivity index is 2.11. The second-order valence-corrected chi connectivity index (χ2v) is 6.84. The van der Waals surface area contributed by atoms with E-state index < -0.39 is 12.6 Å². The Bertz CT molecular complexity index is 902. The van der Waals surface area contributed by atoms with Gasteiger partial charge >= 0.3 is 5.97 Å². The van der Waals surface area contributed by atoms with Crippen LogP contribution in [-0.2, 0) is 4.79 Å². The molecule has 0 atom stereocenters. The second kappa shape index (κ2) is 6.40. The van der Waals surface area contributed by atoms with Gasteiger partial charge in [-0.05, 0) is 35.6 Å². The van der Waals surface area contributed by atoms with Gasteiger partial charge in [0.15, 0.2) is 6.61 Å². The Kier molecular flexibility index (Phi) is 4.48. The summed E-state index contributed by atoms with van der Waals surface area (Å²) in [6, 6.07) is 11.8. The maximum atomic E-state index is 10.7. The fourth-order valence-corrected chi connectivity index (χ4v) is 4.07. The van der Waals surface area contributed by atoms with Gasteiger partial charge in [-0.2, -0.15) is 0 Å². The number of rotatable bonds is 4. The van der Waals surface area contributed by atoms with Crippen LogP contribution in [0.25, 0.3) is 20.5 Å². The molecule has 23 heavy (non-hydrogen) atoms. The van der Waals surface area contributed by atoms with Crippen LogP contribution in [0.2, 0.25) is 10.0 Å². The zero-order valence-corrected chi connectivity index (χ0v) is 14.4. The SMILES string of the molecule is Cc1ccccc1-c1cc2cc(OCC(=O)O)c(Cl)c(Cl)c2s1. The molecular formula is C17H12Cl2O3S. The van der Waals surface area contributed by atoms with E-state index in [1.54, 1.807) is 17.4 Å². The van der Waals surface area contributed by atoms with Gasteiger partial charge < -0.3 is 9.84 Å². The molecule has 0 saturated heterocycles. The van der Waals surface area contributed by atoms with E-state index in [2.05, 4.69) is 19.1 Å². The first-order valence-electron chi connectivity index (χ1n) is 6.79. The number of ether oxygens (including phenoxy) is 1. The van der Waals surface area contributed by atoms with Gasteiger partial charge in [-0.1, -0.05) is 47.5 Å². The van der Waals surface area contributed by atoms with Crippen molar-refractivity contribution in [2.24, 2.45) is 0 Å². The van der Waals surface area contributed by atoms with Crippen LogP contribution >= 0.6 is 34.5 Å². The minimum absolute atomic E-state index is 0.235. The number of aliphatic carboxylic acids is 1. The molecule has 0 spiro atoms. The lowest BCUT2D eigenvalue weighted by molar-refractivity contribution is -0.139. The van der Waals surface area contributed by atoms with Gasteiger partial charge in [0, 0.05) is 4.88 Å². The van der Waals surface area contributed by atoms with Crippen molar-refractivity contribution in [2.75, 3.05) is 6.61 Å². The van der Waals surface area contributed by atoms with Gasteiger partial charge in [0.05, 0.1) is 9.72 Å². The Morgan fingerprint density at radius 1 is 1.22 bits per heavy atom. The molecule has 1 heterocycles. The molecule has 1 aromatic heterocycles. The molecule has 0 aliphatic carbocycles. The molecule has 3 nitrogen and oxygen atoms in total. The van der Waals surface area contributed by atoms with Crippen LogP contribution in [0.5, 0.6) is 5.75 Å². The van der Waals surface area contributed by atoms with Crippen molar-refractivity contribution in [2.45, 2.75) is 6.92 Å². The molecule has 0 radical (unpaired) electrons. The number of fused-ring (bicyclic) bond motifs is 1. The molecule has 0 saturated carbocycles. The third-order valence-corrected chi connectivity index (χ3v) is 5.58. The number of benzene rings is 2. The molecule has 3 aromatic rings. The molecule has 0 aliphatic rings. The summed E-state index contributed by atoms with van der Waals surface area (Å²) in [5.74, 6) is -0.788. The fourth-order valence-electron chi connectivity index (χ4n) is 2.32. The van der Waals surface area contributed by atoms with Crippen LogP contribution in [0.3, 0.4) is 0 Å². The lowest BCUT2D eigenvalue weighted by Gasteiger charge is -2.07. The van der Waals surface area contributed by atoms with Crippen molar-refractivity contribution < 1.29 is 14.6 Å². The standard InChI is InChI=1S/C17H12Cl2O3S/c1-9-4-2-3-5-11(9)13-7-10-6-12(22-8-14(20)21)15(18)16(19)17(10)23-13/h2-7H,8H2,1H3,(H,20,21). The van der Waals surface area contributed by atoms with Crippen molar-refractivity contribution >= 4 is 50.6 Å². The number of hydrogen-bond donors (Lipinski definition) is 1. The first-order chi connectivity index (χ1) is 11.0. The normalized spacial score (nSPS) is 10.9. The molecule has 0 fully saturated rings. The predicted octanol–water partition coefficient (Wildman–Crippen LogP) is 5.65. The fraction of sp³-hybridized carbons (Fsp3) is 0.118. The minimum atomic E-state index is -1.07. The summed E-state index contributed by atoms with van der Waals surface area (Å²) in [6.07, 6.45) is 0. The van der Waals surface area contributed by atoms with E-state index in [-0.39, 0.29) is 10.8 Å². The average Bonchev–Trinajstić information content (AvgIpc) is 2.93. The van der Waals surface area contributed by atoms with Crippen LogP contribution in [0.1, 0.15) is 5.56 Å². The molecule has 0 unspecified atom stereocenters. The molecule has 2 aromatic carbocycles. The van der Waals surface area contributed by atoms with Crippen molar-refractivity contribution in [1.29, 1.82) is 0 Å². The zero-order valence-electron chi connectivity index (χ0n) is 12.1. The molecule has 0 aliphatic heterocycles. The van der Waals surface area contributed by atoms with E-state index in [0.717, 1.165) is 20.5 Å². The van der Waals surface area contributed by atoms with Gasteiger partial charge in [0.2, 0.25) is 0 Å². The Morgan fingerprint density at radius 3 is 2.65 bits per heavy atom. The van der Waals surface area contributed by atoms with Crippen molar-refractivity contribution in [3.05, 3.63) is 52.0 Å². The number of carboxylic acids is 1. The predicted molar refractivity (Wildman–Crippen MR) is 95.1 cm³/mol. The third-order valence-electron chi connectivity index (χ3n) is 3.42. The highest BCUT2D eigenvalue weighted by Gasteiger charge is 2.16. The van der Waals surface area contributed by atoms with E-state index in [1.165, 1.54) is 5.56 Å². The van der Waals surface area contributed by atoms with Crippen LogP contribution in [0, 0.1) is 6.92 Å². The first kappa shape index (κ1) is 16.1. The number of carbonyl (C=O) groups is 1. The van der Waals surface area contributed by atoms with Gasteiger partial charge in [-0.15, -0.1) is 11.3 Å². The maximum Gasteiger partial charge on any atom is 0.341 e. The number of aryl methyl sites for hydroxylation is 1. The lowest BCUT2D eigenvalue weighted by atomic mass is 10.1. The van der Waals surface area contributed by atoms with Crippen molar-refractivity contribution in [3.63, 3.8) is 0 Å². The highest BCUT2D eigenvalue weighted by atomic mass is 35.5. The topological polar surface area (TPSA) is 46.5 Å². The summed E-state index contributed by atoms with van der Waals surface area (Å²) < 4.78 is 6.07. The summed E-state index contributed by atoms with van der Waals surface area (Å²) in [4.78, 5) is 11.7. The highest BCUT2D eigenvalue weighted by Crippen LogP contribution is 2.45. The summed E-state index contributed by atoms with van der Waals surface area (Å²) in [7, 11) is 0. The largest absolute Gasteiger partial charge is 0.480 e. The Hall–Kier alpha value is -1.75. The Labute approximate surface area is 147 Å². The summed E-state index contributed by atoms with van der Waals surface area (Å²) >= 11 is 14.1. The second-order valence-electron chi connectivity index (χ2n) is 5.03. The van der Waals surface area contributed by atoms with E-state index in [0.29, 0.717) is 5.02 Å². The van der Waals surface area contributed by atoms with E-state index in [1.807, 2.05) is 18.2 Å². The Morgan fingerprint density at radius 2 is 1.96 bits per heavy atom. The van der Waals surface area contributed by atoms with E-state index in [9.17, 15) is 4.79 Å². The number of halogens is 2. The molecule has 3 rings (SSSR count). The third kappa shape index (κ3) is 3.15. The summed E-state index contributed by atoms with van der Waals surface area (Å²) in [6.45, 7) is 1.59. The quantitative estimate of drug-likeness (QED) is 0.648. The van der Waals surface area contributed by atoms with Crippen LogP contribution in [0.4, 0.5) is 0 Å². The number of hydrogen-bond acceptors (Lipinski definition) is 3. The smallest absolute Gasteiger partial charge is 0.341 e. The van der Waals surface area contributed by atoms with Gasteiger partial charge in [0.1, 0.15) is 10.8 Å². The summed E-state index contributed by atoms with van der Waals surface area (Å²) in [5, 5.41) is 10.2. The van der Waals surface area contributed by atoms with Crippen LogP contribution in [0.15, 0.2) is 36.4 Å². The van der Waals surface area contributed by atoms with Gasteiger partial charge in [-0.25, -0.2) is 4.79 Å². The molecular weight excluding hydrogens is 355 g/mol. The van der Waals surface area contributed by atoms with Crippen LogP contribution in [-0.4, -0.2) is 17.7 Å². The molecule has 118 valence electrons. The zero-order chi connectivity index (χ0) is 16.6. The monoisotopic (exact) mass is 366 g/mol. The molecule has 0 bridgehead atoms. The molecule has 1 N–H and O–H groups in total. The van der Waals surface area contributed by atoms with Crippen molar-refractivity contribution in [3.8, 4) is 16.2 Å². The van der Waals surface area contributed by atoms with Gasteiger partial charge in [0.25, 0.3) is 0 Å². The minimum Gasteiger partial charge on any atom is -0.480 e.